The van der Waals surface area contributed by atoms with Gasteiger partial charge in [-0.2, -0.15) is 0 Å². The van der Waals surface area contributed by atoms with Crippen LogP contribution in [0.5, 0.6) is 0 Å². The van der Waals surface area contributed by atoms with Gasteiger partial charge in [-0.25, -0.2) is 9.78 Å². The van der Waals surface area contributed by atoms with Crippen molar-refractivity contribution in [1.82, 2.24) is 15.0 Å². The fraction of sp³-hybridized carbons (Fsp3) is 0. The van der Waals surface area contributed by atoms with Crippen LogP contribution in [0, 0.1) is 0 Å². The summed E-state index contributed by atoms with van der Waals surface area (Å²) < 4.78 is 10.2. The third-order valence-corrected chi connectivity index (χ3v) is 3.30. The zero-order valence-electron chi connectivity index (χ0n) is 12.1. The van der Waals surface area contributed by atoms with Gasteiger partial charge in [-0.05, 0) is 30.3 Å². The number of nitrogens with zero attached hydrogens (tertiary/aromatic N) is 2. The predicted octanol–water partition coefficient (Wildman–Crippen LogP) is 2.42. The molecule has 0 aliphatic heterocycles. The van der Waals surface area contributed by atoms with Gasteiger partial charge in [0.1, 0.15) is 12.0 Å². The molecule has 24 heavy (non-hydrogen) atoms. The second kappa shape index (κ2) is 5.51. The number of hydrogen-bond acceptors (Lipinski definition) is 6. The first kappa shape index (κ1) is 13.9. The molecule has 0 saturated carbocycles. The number of anilines is 1. The number of carbonyl (C=O) groups is 1. The summed E-state index contributed by atoms with van der Waals surface area (Å²) in [6, 6.07) is 10.1. The molecule has 3 aromatic heterocycles. The minimum Gasteiger partial charge on any atom is -0.442 e. The molecular formula is C16H10N4O4. The largest absolute Gasteiger partial charge is 0.442 e. The fourth-order valence-electron chi connectivity index (χ4n) is 2.21. The Hall–Kier alpha value is -3.68. The number of benzene rings is 1. The summed E-state index contributed by atoms with van der Waals surface area (Å²) in [4.78, 5) is 34.2. The van der Waals surface area contributed by atoms with E-state index in [1.165, 1.54) is 6.26 Å². The van der Waals surface area contributed by atoms with Gasteiger partial charge in [0.25, 0.3) is 5.91 Å². The molecule has 0 spiro atoms. The van der Waals surface area contributed by atoms with Crippen molar-refractivity contribution in [2.45, 2.75) is 0 Å². The lowest BCUT2D eigenvalue weighted by Gasteiger charge is -2.01. The van der Waals surface area contributed by atoms with E-state index in [-0.39, 0.29) is 11.6 Å². The lowest BCUT2D eigenvalue weighted by atomic mass is 10.3. The smallest absolute Gasteiger partial charge is 0.417 e. The Morgan fingerprint density at radius 2 is 2.12 bits per heavy atom. The Morgan fingerprint density at radius 1 is 1.21 bits per heavy atom. The summed E-state index contributed by atoms with van der Waals surface area (Å²) in [7, 11) is 0. The minimum absolute atomic E-state index is 0.122. The highest BCUT2D eigenvalue weighted by Crippen LogP contribution is 2.19. The Bertz CT molecular complexity index is 1080. The van der Waals surface area contributed by atoms with E-state index in [9.17, 15) is 9.59 Å². The van der Waals surface area contributed by atoms with Gasteiger partial charge in [0.2, 0.25) is 5.89 Å². The molecule has 118 valence electrons. The Labute approximate surface area is 134 Å². The van der Waals surface area contributed by atoms with E-state index in [2.05, 4.69) is 20.3 Å². The Balaban J connectivity index is 1.57. The Morgan fingerprint density at radius 3 is 2.96 bits per heavy atom. The number of oxazole rings is 2. The van der Waals surface area contributed by atoms with Crippen molar-refractivity contribution in [2.24, 2.45) is 0 Å². The standard InChI is InChI=1S/C16H10N4O4/c21-14(12-8-23-15(19-12)10-3-1-2-6-17-10)18-9-4-5-13-11(7-9)20-16(22)24-13/h1-8H,(H,18,21)(H,20,22). The molecule has 1 aromatic carbocycles. The van der Waals surface area contributed by atoms with Gasteiger partial charge in [-0.1, -0.05) is 6.07 Å². The summed E-state index contributed by atoms with van der Waals surface area (Å²) in [5, 5.41) is 2.68. The van der Waals surface area contributed by atoms with Crippen LogP contribution in [0.25, 0.3) is 22.7 Å². The fourth-order valence-corrected chi connectivity index (χ4v) is 2.21. The number of pyridine rings is 1. The average Bonchev–Trinajstić information content (AvgIpc) is 3.21. The first-order valence-corrected chi connectivity index (χ1v) is 7.00. The highest BCUT2D eigenvalue weighted by Gasteiger charge is 2.14. The summed E-state index contributed by atoms with van der Waals surface area (Å²) in [5.74, 6) is -0.730. The summed E-state index contributed by atoms with van der Waals surface area (Å²) in [5.41, 5.74) is 2.06. The van der Waals surface area contributed by atoms with Crippen LogP contribution in [0.2, 0.25) is 0 Å². The van der Waals surface area contributed by atoms with Crippen LogP contribution in [0.4, 0.5) is 5.69 Å². The van der Waals surface area contributed by atoms with E-state index in [0.29, 0.717) is 22.5 Å². The lowest BCUT2D eigenvalue weighted by molar-refractivity contribution is 0.102. The van der Waals surface area contributed by atoms with Gasteiger partial charge in [0.15, 0.2) is 11.3 Å². The molecule has 0 saturated heterocycles. The van der Waals surface area contributed by atoms with Crippen molar-refractivity contribution in [1.29, 1.82) is 0 Å². The average molecular weight is 322 g/mol. The van der Waals surface area contributed by atoms with Gasteiger partial charge in [0, 0.05) is 11.9 Å². The number of rotatable bonds is 3. The normalized spacial score (nSPS) is 10.8. The predicted molar refractivity (Wildman–Crippen MR) is 84.5 cm³/mol. The van der Waals surface area contributed by atoms with Crippen LogP contribution in [-0.2, 0) is 0 Å². The van der Waals surface area contributed by atoms with E-state index in [4.69, 9.17) is 8.83 Å². The first-order valence-electron chi connectivity index (χ1n) is 7.00. The maximum absolute atomic E-state index is 12.3. The van der Waals surface area contributed by atoms with E-state index in [1.807, 2.05) is 0 Å². The first-order chi connectivity index (χ1) is 11.7. The highest BCUT2D eigenvalue weighted by atomic mass is 16.4. The second-order valence-corrected chi connectivity index (χ2v) is 4.93. The third-order valence-electron chi connectivity index (χ3n) is 3.30. The van der Waals surface area contributed by atoms with Crippen LogP contribution in [0.1, 0.15) is 10.5 Å². The summed E-state index contributed by atoms with van der Waals surface area (Å²) >= 11 is 0. The SMILES string of the molecule is O=C(Nc1ccc2oc(=O)[nH]c2c1)c1coc(-c2ccccn2)n1. The van der Waals surface area contributed by atoms with Crippen molar-refractivity contribution >= 4 is 22.7 Å². The molecule has 0 bridgehead atoms. The molecule has 2 N–H and O–H groups in total. The van der Waals surface area contributed by atoms with Crippen molar-refractivity contribution in [3.05, 3.63) is 65.1 Å². The quantitative estimate of drug-likeness (QED) is 0.598. The molecule has 3 heterocycles. The number of aromatic amines is 1. The molecule has 1 amide bonds. The van der Waals surface area contributed by atoms with Gasteiger partial charge in [-0.3, -0.25) is 14.8 Å². The number of hydrogen-bond donors (Lipinski definition) is 2. The van der Waals surface area contributed by atoms with Gasteiger partial charge in [-0.15, -0.1) is 0 Å². The molecular weight excluding hydrogens is 312 g/mol. The van der Waals surface area contributed by atoms with Crippen LogP contribution in [0.15, 0.2) is 62.5 Å². The van der Waals surface area contributed by atoms with Gasteiger partial charge in [0.05, 0.1) is 5.52 Å². The van der Waals surface area contributed by atoms with Crippen molar-refractivity contribution in [3.63, 3.8) is 0 Å². The van der Waals surface area contributed by atoms with Gasteiger partial charge >= 0.3 is 5.76 Å². The monoisotopic (exact) mass is 322 g/mol. The molecule has 0 atom stereocenters. The van der Waals surface area contributed by atoms with Gasteiger partial charge < -0.3 is 14.2 Å². The maximum atomic E-state index is 12.3. The van der Waals surface area contributed by atoms with Crippen LogP contribution >= 0.6 is 0 Å². The summed E-state index contributed by atoms with van der Waals surface area (Å²) in [6.45, 7) is 0. The van der Waals surface area contributed by atoms with Crippen molar-refractivity contribution in [2.75, 3.05) is 5.32 Å². The van der Waals surface area contributed by atoms with Crippen molar-refractivity contribution < 1.29 is 13.6 Å². The zero-order valence-corrected chi connectivity index (χ0v) is 12.1. The third kappa shape index (κ3) is 2.56. The van der Waals surface area contributed by atoms with E-state index in [0.717, 1.165) is 0 Å². The molecule has 0 aliphatic rings. The molecule has 4 aromatic rings. The van der Waals surface area contributed by atoms with Crippen LogP contribution in [-0.4, -0.2) is 20.9 Å². The maximum Gasteiger partial charge on any atom is 0.417 e. The molecule has 8 nitrogen and oxygen atoms in total. The number of fused-ring (bicyclic) bond motifs is 1. The molecule has 4 rings (SSSR count). The minimum atomic E-state index is -0.551. The van der Waals surface area contributed by atoms with E-state index in [1.54, 1.807) is 42.6 Å². The van der Waals surface area contributed by atoms with Crippen molar-refractivity contribution in [3.8, 4) is 11.6 Å². The zero-order chi connectivity index (χ0) is 16.5. The number of aromatic nitrogens is 3. The van der Waals surface area contributed by atoms with E-state index >= 15 is 0 Å². The number of H-pyrrole nitrogens is 1. The molecule has 0 fully saturated rings. The Kier molecular flexibility index (Phi) is 3.20. The van der Waals surface area contributed by atoms with E-state index < -0.39 is 11.7 Å². The highest BCUT2D eigenvalue weighted by molar-refractivity contribution is 6.03. The molecule has 8 heteroatoms. The van der Waals surface area contributed by atoms with Crippen LogP contribution < -0.4 is 11.1 Å². The van der Waals surface area contributed by atoms with Crippen LogP contribution in [0.3, 0.4) is 0 Å². The lowest BCUT2D eigenvalue weighted by Crippen LogP contribution is -2.12. The molecule has 0 radical (unpaired) electrons. The second-order valence-electron chi connectivity index (χ2n) is 4.93. The molecule has 0 aliphatic carbocycles. The topological polar surface area (TPSA) is 114 Å². The molecule has 0 unspecified atom stereocenters. The number of carbonyl (C=O) groups excluding carboxylic acids is 1. The number of amides is 1. The number of nitrogens with one attached hydrogen (secondary N) is 2. The summed E-state index contributed by atoms with van der Waals surface area (Å²) in [6.07, 6.45) is 2.87.